The normalized spacial score (nSPS) is 11.4. The van der Waals surface area contributed by atoms with Crippen molar-refractivity contribution in [1.29, 1.82) is 5.26 Å². The fraction of sp³-hybridized carbons (Fsp3) is 0.143. The van der Waals surface area contributed by atoms with Crippen LogP contribution in [0.3, 0.4) is 0 Å². The zero-order valence-electron chi connectivity index (χ0n) is 15.1. The Bertz CT molecular complexity index is 1360. The summed E-state index contributed by atoms with van der Waals surface area (Å²) in [4.78, 5) is 13.6. The van der Waals surface area contributed by atoms with Crippen molar-refractivity contribution in [2.24, 2.45) is 0 Å². The van der Waals surface area contributed by atoms with E-state index >= 15 is 0 Å². The lowest BCUT2D eigenvalue weighted by molar-refractivity contribution is 0.575. The Morgan fingerprint density at radius 2 is 1.79 bits per heavy atom. The van der Waals surface area contributed by atoms with Crippen LogP contribution < -0.4 is 5.73 Å². The first kappa shape index (κ1) is 16.3. The third-order valence-electron chi connectivity index (χ3n) is 5.02. The minimum atomic E-state index is 0.389. The number of aromatic nitrogens is 5. The molecule has 5 aromatic rings. The largest absolute Gasteiger partial charge is 0.384 e. The highest BCUT2D eigenvalue weighted by atomic mass is 15.1. The van der Waals surface area contributed by atoms with Gasteiger partial charge in [0.05, 0.1) is 17.4 Å². The molecule has 136 valence electrons. The average Bonchev–Trinajstić information content (AvgIpc) is 3.31. The third kappa shape index (κ3) is 2.55. The van der Waals surface area contributed by atoms with Gasteiger partial charge < -0.3 is 14.9 Å². The number of fused-ring (bicyclic) bond motifs is 3. The first-order chi connectivity index (χ1) is 13.7. The van der Waals surface area contributed by atoms with Crippen LogP contribution in [0.2, 0.25) is 0 Å². The molecule has 0 saturated heterocycles. The molecule has 0 spiro atoms. The van der Waals surface area contributed by atoms with Crippen LogP contribution in [0.4, 0.5) is 5.82 Å². The maximum atomic E-state index is 9.63. The summed E-state index contributed by atoms with van der Waals surface area (Å²) >= 11 is 0. The predicted octanol–water partition coefficient (Wildman–Crippen LogP) is 3.48. The van der Waals surface area contributed by atoms with Gasteiger partial charge in [-0.1, -0.05) is 24.3 Å². The van der Waals surface area contributed by atoms with Crippen LogP contribution in [-0.4, -0.2) is 24.1 Å². The van der Waals surface area contributed by atoms with Gasteiger partial charge in [0.15, 0.2) is 5.65 Å². The van der Waals surface area contributed by atoms with Crippen LogP contribution in [0.1, 0.15) is 12.0 Å². The van der Waals surface area contributed by atoms with Gasteiger partial charge in [-0.05, 0) is 29.3 Å². The highest BCUT2D eigenvalue weighted by Gasteiger charge is 2.18. The molecule has 0 aliphatic rings. The first-order valence-electron chi connectivity index (χ1n) is 9.08. The van der Waals surface area contributed by atoms with Crippen LogP contribution in [0.15, 0.2) is 55.1 Å². The van der Waals surface area contributed by atoms with Crippen LogP contribution in [0.25, 0.3) is 33.0 Å². The number of aryl methyl sites for hydroxylation is 2. The van der Waals surface area contributed by atoms with Gasteiger partial charge in [-0.15, -0.1) is 0 Å². The summed E-state index contributed by atoms with van der Waals surface area (Å²) < 4.78 is 3.91. The van der Waals surface area contributed by atoms with E-state index in [0.717, 1.165) is 34.8 Å². The molecule has 2 aromatic carbocycles. The summed E-state index contributed by atoms with van der Waals surface area (Å²) in [5.74, 6) is 0.419. The van der Waals surface area contributed by atoms with Crippen molar-refractivity contribution in [3.63, 3.8) is 0 Å². The van der Waals surface area contributed by atoms with Crippen molar-refractivity contribution in [2.45, 2.75) is 19.5 Å². The van der Waals surface area contributed by atoms with E-state index in [9.17, 15) is 5.26 Å². The van der Waals surface area contributed by atoms with Crippen molar-refractivity contribution < 1.29 is 0 Å². The van der Waals surface area contributed by atoms with E-state index in [1.54, 1.807) is 12.5 Å². The molecule has 2 N–H and O–H groups in total. The van der Waals surface area contributed by atoms with Gasteiger partial charge >= 0.3 is 0 Å². The molecule has 0 aliphatic carbocycles. The molecule has 5 rings (SSSR count). The molecule has 0 fully saturated rings. The predicted molar refractivity (Wildman–Crippen MR) is 109 cm³/mol. The van der Waals surface area contributed by atoms with Gasteiger partial charge in [0.1, 0.15) is 23.0 Å². The van der Waals surface area contributed by atoms with E-state index in [0.29, 0.717) is 29.1 Å². The lowest BCUT2D eigenvalue weighted by Crippen LogP contribution is -2.07. The lowest BCUT2D eigenvalue weighted by Gasteiger charge is -2.08. The summed E-state index contributed by atoms with van der Waals surface area (Å²) in [5, 5.41) is 11.8. The Labute approximate surface area is 160 Å². The summed E-state index contributed by atoms with van der Waals surface area (Å²) in [7, 11) is 0. The van der Waals surface area contributed by atoms with Gasteiger partial charge in [-0.2, -0.15) is 5.26 Å². The number of nitrogen functional groups attached to an aromatic ring is 1. The number of nitrogens with zero attached hydrogens (tertiary/aromatic N) is 6. The van der Waals surface area contributed by atoms with Crippen molar-refractivity contribution in [3.8, 4) is 6.07 Å². The quantitative estimate of drug-likeness (QED) is 0.490. The van der Waals surface area contributed by atoms with Crippen molar-refractivity contribution in [1.82, 2.24) is 24.1 Å². The average molecular weight is 367 g/mol. The molecule has 0 aliphatic heterocycles. The van der Waals surface area contributed by atoms with Crippen LogP contribution in [0, 0.1) is 11.3 Å². The molecule has 28 heavy (non-hydrogen) atoms. The Morgan fingerprint density at radius 1 is 1.04 bits per heavy atom. The van der Waals surface area contributed by atoms with Crippen molar-refractivity contribution >= 4 is 38.8 Å². The number of nitrogens with two attached hydrogens (primary N) is 1. The monoisotopic (exact) mass is 367 g/mol. The second-order valence-corrected chi connectivity index (χ2v) is 6.76. The molecule has 0 radical (unpaired) electrons. The van der Waals surface area contributed by atoms with E-state index in [4.69, 9.17) is 15.7 Å². The zero-order chi connectivity index (χ0) is 19.1. The molecule has 7 nitrogen and oxygen atoms in total. The topological polar surface area (TPSA) is 98.3 Å². The highest BCUT2D eigenvalue weighted by Crippen LogP contribution is 2.29. The Morgan fingerprint density at radius 3 is 2.46 bits per heavy atom. The summed E-state index contributed by atoms with van der Waals surface area (Å²) in [6.45, 7) is 1.46. The van der Waals surface area contributed by atoms with Gasteiger partial charge in [0.25, 0.3) is 0 Å². The minimum absolute atomic E-state index is 0.389. The first-order valence-corrected chi connectivity index (χ1v) is 9.08. The number of hydrogen-bond acceptors (Lipinski definition) is 5. The maximum Gasteiger partial charge on any atom is 0.162 e. The smallest absolute Gasteiger partial charge is 0.162 e. The number of anilines is 1. The standard InChI is InChI=1S/C21H17N7/c22-12-16-19-21(28(20(16)23)8-3-7-27-9-6-24-13-27)26-18-11-15-5-2-1-4-14(15)10-17(18)25-19/h1-2,4-6,9-11,13H,3,7-8,23H2. The Kier molecular flexibility index (Phi) is 3.69. The van der Waals surface area contributed by atoms with Crippen molar-refractivity contribution in [3.05, 3.63) is 60.7 Å². The zero-order valence-corrected chi connectivity index (χ0v) is 15.1. The SMILES string of the molecule is N#Cc1c(N)n(CCCn2ccnc2)c2nc3cc4ccccc4cc3nc12. The van der Waals surface area contributed by atoms with Crippen molar-refractivity contribution in [2.75, 3.05) is 5.73 Å². The van der Waals surface area contributed by atoms with E-state index in [2.05, 4.69) is 17.1 Å². The van der Waals surface area contributed by atoms with E-state index in [-0.39, 0.29) is 0 Å². The van der Waals surface area contributed by atoms with E-state index in [1.807, 2.05) is 45.7 Å². The van der Waals surface area contributed by atoms with Gasteiger partial charge in [0, 0.05) is 25.5 Å². The number of nitriles is 1. The van der Waals surface area contributed by atoms with Crippen LogP contribution in [-0.2, 0) is 13.1 Å². The third-order valence-corrected chi connectivity index (χ3v) is 5.02. The fourth-order valence-electron chi connectivity index (χ4n) is 3.63. The summed E-state index contributed by atoms with van der Waals surface area (Å²) in [6.07, 6.45) is 6.31. The second kappa shape index (κ2) is 6.35. The van der Waals surface area contributed by atoms with Crippen LogP contribution >= 0.6 is 0 Å². The van der Waals surface area contributed by atoms with E-state index in [1.165, 1.54) is 0 Å². The number of hydrogen-bond donors (Lipinski definition) is 1. The summed E-state index contributed by atoms with van der Waals surface area (Å²) in [5.41, 5.74) is 9.45. The Hall–Kier alpha value is -3.92. The number of benzene rings is 2. The molecular weight excluding hydrogens is 350 g/mol. The molecular formula is C21H17N7. The molecule has 0 unspecified atom stereocenters. The second-order valence-electron chi connectivity index (χ2n) is 6.76. The molecule has 3 aromatic heterocycles. The van der Waals surface area contributed by atoms with E-state index < -0.39 is 0 Å². The summed E-state index contributed by atoms with van der Waals surface area (Å²) in [6, 6.07) is 14.3. The highest BCUT2D eigenvalue weighted by molar-refractivity contribution is 5.99. The molecule has 0 bridgehead atoms. The number of imidazole rings is 1. The maximum absolute atomic E-state index is 9.63. The Balaban J connectivity index is 1.64. The van der Waals surface area contributed by atoms with Crippen LogP contribution in [0.5, 0.6) is 0 Å². The molecule has 3 heterocycles. The molecule has 0 atom stereocenters. The van der Waals surface area contributed by atoms with Gasteiger partial charge in [-0.25, -0.2) is 15.0 Å². The van der Waals surface area contributed by atoms with Gasteiger partial charge in [-0.3, -0.25) is 0 Å². The number of rotatable bonds is 4. The minimum Gasteiger partial charge on any atom is -0.384 e. The van der Waals surface area contributed by atoms with Gasteiger partial charge in [0.2, 0.25) is 0 Å². The lowest BCUT2D eigenvalue weighted by atomic mass is 10.1. The molecule has 0 amide bonds. The molecule has 7 heteroatoms. The molecule has 0 saturated carbocycles. The fourth-order valence-corrected chi connectivity index (χ4v) is 3.63.